The lowest BCUT2D eigenvalue weighted by atomic mass is 9.91. The van der Waals surface area contributed by atoms with Crippen molar-refractivity contribution in [1.29, 1.82) is 0 Å². The monoisotopic (exact) mass is 267 g/mol. The Morgan fingerprint density at radius 2 is 1.50 bits per heavy atom. The fraction of sp³-hybridized carbons (Fsp3) is 0.368. The Bertz CT molecular complexity index is 611. The van der Waals surface area contributed by atoms with Crippen LogP contribution in [0.15, 0.2) is 30.3 Å². The average molecular weight is 267 g/mol. The highest BCUT2D eigenvalue weighted by Gasteiger charge is 2.09. The van der Waals surface area contributed by atoms with Crippen molar-refractivity contribution in [1.82, 2.24) is 5.32 Å². The number of nitrogens with one attached hydrogen (secondary N) is 1. The third-order valence-electron chi connectivity index (χ3n) is 3.96. The number of hydrogen-bond donors (Lipinski definition) is 1. The van der Waals surface area contributed by atoms with Crippen LogP contribution in [-0.2, 0) is 6.54 Å². The van der Waals surface area contributed by atoms with E-state index in [2.05, 4.69) is 70.3 Å². The van der Waals surface area contributed by atoms with E-state index in [1.54, 1.807) is 0 Å². The third-order valence-corrected chi connectivity index (χ3v) is 3.96. The second kappa shape index (κ2) is 6.23. The summed E-state index contributed by atoms with van der Waals surface area (Å²) >= 11 is 0. The summed E-state index contributed by atoms with van der Waals surface area (Å²) in [6.07, 6.45) is 0. The Morgan fingerprint density at radius 1 is 0.800 bits per heavy atom. The van der Waals surface area contributed by atoms with Gasteiger partial charge in [0.15, 0.2) is 0 Å². The fourth-order valence-corrected chi connectivity index (χ4v) is 2.61. The summed E-state index contributed by atoms with van der Waals surface area (Å²) in [6.45, 7) is 12.8. The van der Waals surface area contributed by atoms with Gasteiger partial charge in [-0.2, -0.15) is 0 Å². The Labute approximate surface area is 123 Å². The highest BCUT2D eigenvalue weighted by molar-refractivity contribution is 5.72. The van der Waals surface area contributed by atoms with E-state index in [1.807, 2.05) is 0 Å². The molecule has 0 unspecified atom stereocenters. The molecule has 0 amide bonds. The number of rotatable bonds is 4. The van der Waals surface area contributed by atoms with Gasteiger partial charge >= 0.3 is 0 Å². The topological polar surface area (TPSA) is 12.0 Å². The van der Waals surface area contributed by atoms with Gasteiger partial charge < -0.3 is 5.32 Å². The van der Waals surface area contributed by atoms with Gasteiger partial charge in [-0.15, -0.1) is 0 Å². The van der Waals surface area contributed by atoms with E-state index >= 15 is 0 Å². The van der Waals surface area contributed by atoms with E-state index in [9.17, 15) is 0 Å². The van der Waals surface area contributed by atoms with Crippen LogP contribution in [0.2, 0.25) is 0 Å². The SMILES string of the molecule is CCNCc1ccc(C)cc1-c1cc(C)c(C)cc1C. The van der Waals surface area contributed by atoms with Crippen molar-refractivity contribution in [2.75, 3.05) is 6.54 Å². The smallest absolute Gasteiger partial charge is 0.0211 e. The molecular weight excluding hydrogens is 242 g/mol. The van der Waals surface area contributed by atoms with E-state index in [0.717, 1.165) is 13.1 Å². The summed E-state index contributed by atoms with van der Waals surface area (Å²) < 4.78 is 0. The molecular formula is C19H25N. The Morgan fingerprint density at radius 3 is 2.20 bits per heavy atom. The van der Waals surface area contributed by atoms with Gasteiger partial charge in [-0.05, 0) is 67.6 Å². The van der Waals surface area contributed by atoms with Crippen molar-refractivity contribution in [2.45, 2.75) is 41.2 Å². The molecule has 0 aliphatic rings. The van der Waals surface area contributed by atoms with Crippen LogP contribution in [0.3, 0.4) is 0 Å². The van der Waals surface area contributed by atoms with E-state index in [0.29, 0.717) is 0 Å². The molecule has 0 spiro atoms. The summed E-state index contributed by atoms with van der Waals surface area (Å²) in [6, 6.07) is 11.4. The predicted octanol–water partition coefficient (Wildman–Crippen LogP) is 4.70. The molecule has 0 radical (unpaired) electrons. The van der Waals surface area contributed by atoms with Gasteiger partial charge in [-0.25, -0.2) is 0 Å². The van der Waals surface area contributed by atoms with Crippen LogP contribution in [0.25, 0.3) is 11.1 Å². The van der Waals surface area contributed by atoms with Crippen LogP contribution in [0, 0.1) is 27.7 Å². The van der Waals surface area contributed by atoms with Crippen LogP contribution < -0.4 is 5.32 Å². The zero-order valence-corrected chi connectivity index (χ0v) is 13.3. The lowest BCUT2D eigenvalue weighted by molar-refractivity contribution is 0.727. The molecule has 20 heavy (non-hydrogen) atoms. The van der Waals surface area contributed by atoms with Crippen LogP contribution in [0.4, 0.5) is 0 Å². The fourth-order valence-electron chi connectivity index (χ4n) is 2.61. The van der Waals surface area contributed by atoms with Crippen molar-refractivity contribution < 1.29 is 0 Å². The second-order valence-electron chi connectivity index (χ2n) is 5.69. The molecule has 0 atom stereocenters. The van der Waals surface area contributed by atoms with Crippen molar-refractivity contribution in [3.8, 4) is 11.1 Å². The molecule has 0 saturated heterocycles. The molecule has 0 bridgehead atoms. The molecule has 0 aliphatic heterocycles. The average Bonchev–Trinajstić information content (AvgIpc) is 2.41. The maximum Gasteiger partial charge on any atom is 0.0211 e. The summed E-state index contributed by atoms with van der Waals surface area (Å²) in [4.78, 5) is 0. The molecule has 1 N–H and O–H groups in total. The third kappa shape index (κ3) is 3.10. The summed E-state index contributed by atoms with van der Waals surface area (Å²) in [5, 5.41) is 3.44. The van der Waals surface area contributed by atoms with Crippen molar-refractivity contribution >= 4 is 0 Å². The summed E-state index contributed by atoms with van der Waals surface area (Å²) in [5.74, 6) is 0. The number of benzene rings is 2. The van der Waals surface area contributed by atoms with Gasteiger partial charge in [0.1, 0.15) is 0 Å². The normalized spacial score (nSPS) is 10.8. The van der Waals surface area contributed by atoms with Crippen LogP contribution in [-0.4, -0.2) is 6.54 Å². The number of hydrogen-bond acceptors (Lipinski definition) is 1. The van der Waals surface area contributed by atoms with Crippen molar-refractivity contribution in [2.24, 2.45) is 0 Å². The minimum atomic E-state index is 0.929. The maximum atomic E-state index is 3.44. The molecule has 1 nitrogen and oxygen atoms in total. The predicted molar refractivity (Wildman–Crippen MR) is 88.2 cm³/mol. The minimum Gasteiger partial charge on any atom is -0.313 e. The molecule has 0 aromatic heterocycles. The van der Waals surface area contributed by atoms with Gasteiger partial charge in [-0.3, -0.25) is 0 Å². The number of aryl methyl sites for hydroxylation is 4. The first-order chi connectivity index (χ1) is 9.52. The highest BCUT2D eigenvalue weighted by atomic mass is 14.8. The van der Waals surface area contributed by atoms with Crippen LogP contribution in [0.1, 0.15) is 34.7 Å². The van der Waals surface area contributed by atoms with Gasteiger partial charge in [0.2, 0.25) is 0 Å². The van der Waals surface area contributed by atoms with E-state index in [-0.39, 0.29) is 0 Å². The van der Waals surface area contributed by atoms with E-state index < -0.39 is 0 Å². The molecule has 2 rings (SSSR count). The van der Waals surface area contributed by atoms with Crippen LogP contribution >= 0.6 is 0 Å². The Hall–Kier alpha value is -1.60. The molecule has 2 aromatic rings. The largest absolute Gasteiger partial charge is 0.313 e. The first-order valence-corrected chi connectivity index (χ1v) is 7.41. The van der Waals surface area contributed by atoms with Gasteiger partial charge in [-0.1, -0.05) is 42.8 Å². The zero-order valence-electron chi connectivity index (χ0n) is 13.3. The minimum absolute atomic E-state index is 0.929. The molecule has 1 heteroatoms. The Kier molecular flexibility index (Phi) is 4.61. The quantitative estimate of drug-likeness (QED) is 0.847. The first-order valence-electron chi connectivity index (χ1n) is 7.41. The molecule has 0 saturated carbocycles. The lowest BCUT2D eigenvalue weighted by Crippen LogP contribution is -2.12. The molecule has 0 fully saturated rings. The summed E-state index contributed by atoms with van der Waals surface area (Å²) in [5.41, 5.74) is 9.52. The first kappa shape index (κ1) is 14.8. The van der Waals surface area contributed by atoms with Crippen molar-refractivity contribution in [3.05, 3.63) is 58.1 Å². The standard InChI is InChI=1S/C19H25N/c1-6-20-12-17-8-7-13(2)9-19(17)18-11-15(4)14(3)10-16(18)5/h7-11,20H,6,12H2,1-5H3. The van der Waals surface area contributed by atoms with Gasteiger partial charge in [0.25, 0.3) is 0 Å². The molecule has 2 aromatic carbocycles. The van der Waals surface area contributed by atoms with Gasteiger partial charge in [0, 0.05) is 6.54 Å². The molecule has 0 heterocycles. The maximum absolute atomic E-state index is 3.44. The lowest BCUT2D eigenvalue weighted by Gasteiger charge is -2.15. The van der Waals surface area contributed by atoms with Crippen molar-refractivity contribution in [3.63, 3.8) is 0 Å². The van der Waals surface area contributed by atoms with E-state index in [1.165, 1.54) is 38.9 Å². The molecule has 0 aliphatic carbocycles. The second-order valence-corrected chi connectivity index (χ2v) is 5.69. The van der Waals surface area contributed by atoms with Gasteiger partial charge in [0.05, 0.1) is 0 Å². The summed E-state index contributed by atoms with van der Waals surface area (Å²) in [7, 11) is 0. The van der Waals surface area contributed by atoms with Crippen LogP contribution in [0.5, 0.6) is 0 Å². The Balaban J connectivity index is 2.55. The highest BCUT2D eigenvalue weighted by Crippen LogP contribution is 2.30. The van der Waals surface area contributed by atoms with E-state index in [4.69, 9.17) is 0 Å². The molecule has 106 valence electrons. The zero-order chi connectivity index (χ0) is 14.7.